The summed E-state index contributed by atoms with van der Waals surface area (Å²) < 4.78 is 7.17. The van der Waals surface area contributed by atoms with Crippen molar-refractivity contribution in [3.05, 3.63) is 64.1 Å². The number of benzene rings is 1. The minimum Gasteiger partial charge on any atom is -0.496 e. The lowest BCUT2D eigenvalue weighted by Crippen LogP contribution is -2.29. The Balaban J connectivity index is 2.37. The highest BCUT2D eigenvalue weighted by atomic mass is 16.5. The van der Waals surface area contributed by atoms with E-state index in [1.54, 1.807) is 23.8 Å². The second-order valence-electron chi connectivity index (χ2n) is 4.70. The normalized spacial score (nSPS) is 12.2. The Labute approximate surface area is 119 Å². The van der Waals surface area contributed by atoms with E-state index in [-0.39, 0.29) is 11.6 Å². The molecule has 4 nitrogen and oxygen atoms in total. The van der Waals surface area contributed by atoms with E-state index < -0.39 is 0 Å². The van der Waals surface area contributed by atoms with Crippen molar-refractivity contribution in [2.75, 3.05) is 14.2 Å². The standard InChI is InChI=1S/C16H20N2O2/c1-12-7-6-10-16(19)18(12)11-14(17-2)13-8-4-5-9-15(13)20-3/h4-10,14,17H,11H2,1-3H3. The van der Waals surface area contributed by atoms with E-state index in [4.69, 9.17) is 4.74 Å². The Morgan fingerprint density at radius 1 is 1.20 bits per heavy atom. The van der Waals surface area contributed by atoms with Gasteiger partial charge in [-0.3, -0.25) is 4.79 Å². The first-order valence-electron chi connectivity index (χ1n) is 6.64. The van der Waals surface area contributed by atoms with Crippen LogP contribution < -0.4 is 15.6 Å². The van der Waals surface area contributed by atoms with Gasteiger partial charge in [0.2, 0.25) is 0 Å². The van der Waals surface area contributed by atoms with Gasteiger partial charge < -0.3 is 14.6 Å². The van der Waals surface area contributed by atoms with Crippen molar-refractivity contribution in [2.24, 2.45) is 0 Å². The van der Waals surface area contributed by atoms with Crippen molar-refractivity contribution < 1.29 is 4.74 Å². The molecule has 0 saturated heterocycles. The number of likely N-dealkylation sites (N-methyl/N-ethyl adjacent to an activating group) is 1. The molecule has 0 aliphatic rings. The Morgan fingerprint density at radius 3 is 2.60 bits per heavy atom. The van der Waals surface area contributed by atoms with Gasteiger partial charge in [0.1, 0.15) is 5.75 Å². The van der Waals surface area contributed by atoms with Crippen LogP contribution in [0.15, 0.2) is 47.3 Å². The number of para-hydroxylation sites is 1. The number of ether oxygens (including phenoxy) is 1. The lowest BCUT2D eigenvalue weighted by molar-refractivity contribution is 0.393. The summed E-state index contributed by atoms with van der Waals surface area (Å²) in [5.41, 5.74) is 2.01. The van der Waals surface area contributed by atoms with Gasteiger partial charge in [-0.25, -0.2) is 0 Å². The second kappa shape index (κ2) is 6.39. The molecule has 2 aromatic rings. The minimum absolute atomic E-state index is 0.0140. The maximum atomic E-state index is 12.0. The highest BCUT2D eigenvalue weighted by Crippen LogP contribution is 2.25. The SMILES string of the molecule is CNC(Cn1c(C)cccc1=O)c1ccccc1OC. The Hall–Kier alpha value is -2.07. The van der Waals surface area contributed by atoms with Crippen LogP contribution in [-0.2, 0) is 6.54 Å². The molecule has 1 atom stereocenters. The number of aromatic nitrogens is 1. The topological polar surface area (TPSA) is 43.3 Å². The van der Waals surface area contributed by atoms with E-state index in [0.29, 0.717) is 6.54 Å². The largest absolute Gasteiger partial charge is 0.496 e. The quantitative estimate of drug-likeness (QED) is 0.906. The second-order valence-corrected chi connectivity index (χ2v) is 4.70. The third-order valence-electron chi connectivity index (χ3n) is 3.50. The third-order valence-corrected chi connectivity index (χ3v) is 3.50. The van der Waals surface area contributed by atoms with Crippen molar-refractivity contribution >= 4 is 0 Å². The summed E-state index contributed by atoms with van der Waals surface area (Å²) in [6, 6.07) is 13.2. The molecule has 1 aromatic heterocycles. The molecule has 0 spiro atoms. The number of methoxy groups -OCH3 is 1. The molecule has 1 N–H and O–H groups in total. The van der Waals surface area contributed by atoms with Crippen LogP contribution in [0.2, 0.25) is 0 Å². The van der Waals surface area contributed by atoms with Gasteiger partial charge in [0.25, 0.3) is 5.56 Å². The highest BCUT2D eigenvalue weighted by Gasteiger charge is 2.15. The van der Waals surface area contributed by atoms with Crippen LogP contribution in [0, 0.1) is 6.92 Å². The number of pyridine rings is 1. The van der Waals surface area contributed by atoms with E-state index in [0.717, 1.165) is 17.0 Å². The molecule has 106 valence electrons. The summed E-state index contributed by atoms with van der Waals surface area (Å²) in [5, 5.41) is 3.26. The molecule has 0 fully saturated rings. The van der Waals surface area contributed by atoms with Crippen molar-refractivity contribution in [1.29, 1.82) is 0 Å². The number of hydrogen-bond donors (Lipinski definition) is 1. The predicted octanol–water partition coefficient (Wildman–Crippen LogP) is 2.13. The van der Waals surface area contributed by atoms with Gasteiger partial charge >= 0.3 is 0 Å². The molecule has 0 saturated carbocycles. The maximum absolute atomic E-state index is 12.0. The molecule has 4 heteroatoms. The zero-order valence-corrected chi connectivity index (χ0v) is 12.1. The number of nitrogens with one attached hydrogen (secondary N) is 1. The number of aryl methyl sites for hydroxylation is 1. The number of rotatable bonds is 5. The van der Waals surface area contributed by atoms with Gasteiger partial charge in [0.05, 0.1) is 13.2 Å². The third kappa shape index (κ3) is 2.91. The van der Waals surface area contributed by atoms with Crippen LogP contribution in [0.3, 0.4) is 0 Å². The Morgan fingerprint density at radius 2 is 1.95 bits per heavy atom. The first kappa shape index (κ1) is 14.3. The van der Waals surface area contributed by atoms with Crippen molar-refractivity contribution in [3.8, 4) is 5.75 Å². The molecule has 2 rings (SSSR count). The van der Waals surface area contributed by atoms with E-state index >= 15 is 0 Å². The molecule has 0 radical (unpaired) electrons. The molecule has 1 unspecified atom stereocenters. The Kier molecular flexibility index (Phi) is 4.58. The molecule has 20 heavy (non-hydrogen) atoms. The number of hydrogen-bond acceptors (Lipinski definition) is 3. The van der Waals surface area contributed by atoms with Crippen LogP contribution in [0.25, 0.3) is 0 Å². The van der Waals surface area contributed by atoms with Gasteiger partial charge in [-0.05, 0) is 26.1 Å². The average molecular weight is 272 g/mol. The summed E-state index contributed by atoms with van der Waals surface area (Å²) >= 11 is 0. The van der Waals surface area contributed by atoms with Gasteiger partial charge in [-0.2, -0.15) is 0 Å². The van der Waals surface area contributed by atoms with Gasteiger partial charge in [-0.1, -0.05) is 24.3 Å². The fourth-order valence-corrected chi connectivity index (χ4v) is 2.34. The van der Waals surface area contributed by atoms with E-state index in [9.17, 15) is 4.79 Å². The maximum Gasteiger partial charge on any atom is 0.250 e. The lowest BCUT2D eigenvalue weighted by Gasteiger charge is -2.21. The first-order valence-corrected chi connectivity index (χ1v) is 6.64. The molecule has 0 bridgehead atoms. The first-order chi connectivity index (χ1) is 9.67. The van der Waals surface area contributed by atoms with E-state index in [1.807, 2.05) is 44.3 Å². The van der Waals surface area contributed by atoms with Crippen LogP contribution in [0.5, 0.6) is 5.75 Å². The van der Waals surface area contributed by atoms with Crippen LogP contribution >= 0.6 is 0 Å². The van der Waals surface area contributed by atoms with Gasteiger partial charge in [0.15, 0.2) is 0 Å². The van der Waals surface area contributed by atoms with Crippen LogP contribution in [0.1, 0.15) is 17.3 Å². The molecule has 1 aromatic carbocycles. The molecular formula is C16H20N2O2. The van der Waals surface area contributed by atoms with Gasteiger partial charge in [-0.15, -0.1) is 0 Å². The van der Waals surface area contributed by atoms with Crippen molar-refractivity contribution in [3.63, 3.8) is 0 Å². The van der Waals surface area contributed by atoms with Crippen molar-refractivity contribution in [2.45, 2.75) is 19.5 Å². The lowest BCUT2D eigenvalue weighted by atomic mass is 10.1. The van der Waals surface area contributed by atoms with Crippen LogP contribution in [-0.4, -0.2) is 18.7 Å². The smallest absolute Gasteiger partial charge is 0.250 e. The molecule has 1 heterocycles. The fourth-order valence-electron chi connectivity index (χ4n) is 2.34. The molecule has 0 amide bonds. The Bertz CT molecular complexity index is 634. The average Bonchev–Trinajstić information content (AvgIpc) is 2.47. The van der Waals surface area contributed by atoms with Gasteiger partial charge in [0, 0.05) is 23.9 Å². The van der Waals surface area contributed by atoms with E-state index in [2.05, 4.69) is 5.32 Å². The predicted molar refractivity (Wildman–Crippen MR) is 80.2 cm³/mol. The monoisotopic (exact) mass is 272 g/mol. The summed E-state index contributed by atoms with van der Waals surface area (Å²) in [6.45, 7) is 2.51. The number of nitrogens with zero attached hydrogens (tertiary/aromatic N) is 1. The molecule has 0 aliphatic carbocycles. The molecule has 0 aliphatic heterocycles. The van der Waals surface area contributed by atoms with Crippen LogP contribution in [0.4, 0.5) is 0 Å². The fraction of sp³-hybridized carbons (Fsp3) is 0.312. The minimum atomic E-state index is 0.0140. The summed E-state index contributed by atoms with van der Waals surface area (Å²) in [4.78, 5) is 12.0. The summed E-state index contributed by atoms with van der Waals surface area (Å²) in [6.07, 6.45) is 0. The molecular weight excluding hydrogens is 252 g/mol. The van der Waals surface area contributed by atoms with E-state index in [1.165, 1.54) is 0 Å². The zero-order chi connectivity index (χ0) is 14.5. The van der Waals surface area contributed by atoms with Crippen molar-refractivity contribution in [1.82, 2.24) is 9.88 Å². The summed E-state index contributed by atoms with van der Waals surface area (Å²) in [5.74, 6) is 0.827. The zero-order valence-electron chi connectivity index (χ0n) is 12.1. The summed E-state index contributed by atoms with van der Waals surface area (Å²) in [7, 11) is 3.55. The highest BCUT2D eigenvalue weighted by molar-refractivity contribution is 5.35.